The second-order valence-electron chi connectivity index (χ2n) is 3.25. The summed E-state index contributed by atoms with van der Waals surface area (Å²) in [5, 5.41) is 8.61. The number of aryl methyl sites for hydroxylation is 2. The number of carboxylic acids is 1. The van der Waals surface area contributed by atoms with E-state index < -0.39 is 12.0 Å². The highest BCUT2D eigenvalue weighted by Gasteiger charge is 2.14. The van der Waals surface area contributed by atoms with Crippen molar-refractivity contribution in [2.45, 2.75) is 26.3 Å². The van der Waals surface area contributed by atoms with Crippen LogP contribution in [0.15, 0.2) is 6.07 Å². The summed E-state index contributed by atoms with van der Waals surface area (Å²) in [5.74, 6) is -0.960. The van der Waals surface area contributed by atoms with E-state index in [2.05, 4.69) is 4.98 Å². The number of aromatic amines is 1. The number of H-pyrrole nitrogens is 1. The van der Waals surface area contributed by atoms with Crippen LogP contribution in [0.3, 0.4) is 0 Å². The Labute approximate surface area is 76.8 Å². The minimum Gasteiger partial charge on any atom is -0.480 e. The fraction of sp³-hybridized carbons (Fsp3) is 0.444. The van der Waals surface area contributed by atoms with Crippen LogP contribution in [0, 0.1) is 13.8 Å². The second kappa shape index (κ2) is 3.62. The molecule has 0 aliphatic rings. The molecule has 13 heavy (non-hydrogen) atoms. The van der Waals surface area contributed by atoms with Gasteiger partial charge in [0, 0.05) is 11.4 Å². The van der Waals surface area contributed by atoms with Gasteiger partial charge in [-0.25, -0.2) is 0 Å². The van der Waals surface area contributed by atoms with Crippen LogP contribution in [-0.4, -0.2) is 22.1 Å². The lowest BCUT2D eigenvalue weighted by molar-refractivity contribution is -0.138. The smallest absolute Gasteiger partial charge is 0.320 e. The first-order valence-corrected chi connectivity index (χ1v) is 4.14. The van der Waals surface area contributed by atoms with E-state index in [0.29, 0.717) is 6.42 Å². The lowest BCUT2D eigenvalue weighted by atomic mass is 10.1. The van der Waals surface area contributed by atoms with Gasteiger partial charge in [-0.05, 0) is 31.9 Å². The number of aromatic nitrogens is 1. The number of hydrogen-bond acceptors (Lipinski definition) is 2. The van der Waals surface area contributed by atoms with Gasteiger partial charge in [0.25, 0.3) is 0 Å². The van der Waals surface area contributed by atoms with Crippen LogP contribution in [0.25, 0.3) is 0 Å². The molecule has 4 N–H and O–H groups in total. The summed E-state index contributed by atoms with van der Waals surface area (Å²) < 4.78 is 0. The van der Waals surface area contributed by atoms with Gasteiger partial charge in [0.15, 0.2) is 0 Å². The molecule has 1 unspecified atom stereocenters. The van der Waals surface area contributed by atoms with Crippen LogP contribution in [0.1, 0.15) is 17.0 Å². The van der Waals surface area contributed by atoms with Crippen molar-refractivity contribution in [3.05, 3.63) is 23.0 Å². The minimum absolute atomic E-state index is 0.380. The van der Waals surface area contributed by atoms with Gasteiger partial charge in [-0.1, -0.05) is 0 Å². The number of aliphatic carboxylic acids is 1. The fourth-order valence-corrected chi connectivity index (χ4v) is 1.32. The summed E-state index contributed by atoms with van der Waals surface area (Å²) >= 11 is 0. The Morgan fingerprint density at radius 3 is 2.69 bits per heavy atom. The van der Waals surface area contributed by atoms with Gasteiger partial charge in [-0.3, -0.25) is 4.79 Å². The van der Waals surface area contributed by atoms with Crippen molar-refractivity contribution in [1.82, 2.24) is 4.98 Å². The lowest BCUT2D eigenvalue weighted by Gasteiger charge is -2.04. The number of carboxylic acid groups (broad SMARTS) is 1. The highest BCUT2D eigenvalue weighted by atomic mass is 16.4. The van der Waals surface area contributed by atoms with Crippen molar-refractivity contribution in [2.24, 2.45) is 5.73 Å². The summed E-state index contributed by atoms with van der Waals surface area (Å²) in [4.78, 5) is 13.6. The predicted molar refractivity (Wildman–Crippen MR) is 49.6 cm³/mol. The molecular formula is C9H14N2O2. The Balaban J connectivity index is 2.74. The third-order valence-corrected chi connectivity index (χ3v) is 2.01. The molecule has 1 aromatic heterocycles. The average Bonchev–Trinajstić information content (AvgIpc) is 2.30. The van der Waals surface area contributed by atoms with Crippen molar-refractivity contribution < 1.29 is 9.90 Å². The molecule has 4 nitrogen and oxygen atoms in total. The van der Waals surface area contributed by atoms with Crippen LogP contribution < -0.4 is 5.73 Å². The Bertz CT molecular complexity index is 317. The van der Waals surface area contributed by atoms with Crippen LogP contribution >= 0.6 is 0 Å². The number of carbonyl (C=O) groups is 1. The molecule has 0 spiro atoms. The maximum absolute atomic E-state index is 10.5. The van der Waals surface area contributed by atoms with Gasteiger partial charge < -0.3 is 15.8 Å². The summed E-state index contributed by atoms with van der Waals surface area (Å²) in [6.07, 6.45) is 0.380. The van der Waals surface area contributed by atoms with Gasteiger partial charge in [0.2, 0.25) is 0 Å². The molecule has 4 heteroatoms. The Morgan fingerprint density at radius 1 is 1.69 bits per heavy atom. The molecule has 0 aliphatic carbocycles. The van der Waals surface area contributed by atoms with E-state index >= 15 is 0 Å². The lowest BCUT2D eigenvalue weighted by Crippen LogP contribution is -2.32. The predicted octanol–water partition coefficient (Wildman–Crippen LogP) is 0.586. The Hall–Kier alpha value is -1.29. The normalized spacial score (nSPS) is 12.8. The molecule has 1 aromatic rings. The van der Waals surface area contributed by atoms with E-state index in [1.54, 1.807) is 0 Å². The quantitative estimate of drug-likeness (QED) is 0.640. The molecule has 0 bridgehead atoms. The first kappa shape index (κ1) is 9.80. The maximum Gasteiger partial charge on any atom is 0.320 e. The molecule has 0 fully saturated rings. The largest absolute Gasteiger partial charge is 0.480 e. The number of hydrogen-bond donors (Lipinski definition) is 3. The fourth-order valence-electron chi connectivity index (χ4n) is 1.32. The molecule has 0 amide bonds. The first-order chi connectivity index (χ1) is 6.00. The maximum atomic E-state index is 10.5. The SMILES string of the molecule is Cc1cc(CC(N)C(=O)O)c(C)[nH]1. The van der Waals surface area contributed by atoms with Crippen molar-refractivity contribution in [1.29, 1.82) is 0 Å². The molecule has 0 saturated carbocycles. The highest BCUT2D eigenvalue weighted by molar-refractivity contribution is 5.73. The van der Waals surface area contributed by atoms with Gasteiger partial charge in [0.05, 0.1) is 0 Å². The van der Waals surface area contributed by atoms with Crippen LogP contribution in [-0.2, 0) is 11.2 Å². The van der Waals surface area contributed by atoms with E-state index in [9.17, 15) is 4.79 Å². The molecule has 1 heterocycles. The minimum atomic E-state index is -0.960. The number of rotatable bonds is 3. The molecule has 0 aromatic carbocycles. The van der Waals surface area contributed by atoms with Gasteiger partial charge >= 0.3 is 5.97 Å². The zero-order valence-corrected chi connectivity index (χ0v) is 7.79. The van der Waals surface area contributed by atoms with Crippen LogP contribution in [0.4, 0.5) is 0 Å². The van der Waals surface area contributed by atoms with Crippen molar-refractivity contribution in [2.75, 3.05) is 0 Å². The molecule has 0 radical (unpaired) electrons. The van der Waals surface area contributed by atoms with E-state index in [4.69, 9.17) is 10.8 Å². The average molecular weight is 182 g/mol. The summed E-state index contributed by atoms with van der Waals surface area (Å²) in [6, 6.07) is 1.12. The zero-order chi connectivity index (χ0) is 10.0. The Morgan fingerprint density at radius 2 is 2.31 bits per heavy atom. The highest BCUT2D eigenvalue weighted by Crippen LogP contribution is 2.10. The van der Waals surface area contributed by atoms with E-state index in [-0.39, 0.29) is 0 Å². The standard InChI is InChI=1S/C9H14N2O2/c1-5-3-7(6(2)11-5)4-8(10)9(12)13/h3,8,11H,4,10H2,1-2H3,(H,12,13). The monoisotopic (exact) mass is 182 g/mol. The van der Waals surface area contributed by atoms with Crippen molar-refractivity contribution >= 4 is 5.97 Å². The topological polar surface area (TPSA) is 79.1 Å². The van der Waals surface area contributed by atoms with Gasteiger partial charge in [0.1, 0.15) is 6.04 Å². The molecule has 1 atom stereocenters. The zero-order valence-electron chi connectivity index (χ0n) is 7.79. The number of nitrogens with two attached hydrogens (primary N) is 1. The first-order valence-electron chi connectivity index (χ1n) is 4.14. The second-order valence-corrected chi connectivity index (χ2v) is 3.25. The molecule has 0 saturated heterocycles. The molecule has 72 valence electrons. The van der Waals surface area contributed by atoms with Crippen molar-refractivity contribution in [3.63, 3.8) is 0 Å². The van der Waals surface area contributed by atoms with Crippen LogP contribution in [0.5, 0.6) is 0 Å². The summed E-state index contributed by atoms with van der Waals surface area (Å²) in [5.41, 5.74) is 8.42. The van der Waals surface area contributed by atoms with Crippen molar-refractivity contribution in [3.8, 4) is 0 Å². The van der Waals surface area contributed by atoms with Gasteiger partial charge in [-0.15, -0.1) is 0 Å². The Kier molecular flexibility index (Phi) is 2.72. The van der Waals surface area contributed by atoms with E-state index in [0.717, 1.165) is 17.0 Å². The summed E-state index contributed by atoms with van der Waals surface area (Å²) in [6.45, 7) is 3.85. The molecular weight excluding hydrogens is 168 g/mol. The third-order valence-electron chi connectivity index (χ3n) is 2.01. The van der Waals surface area contributed by atoms with Gasteiger partial charge in [-0.2, -0.15) is 0 Å². The third kappa shape index (κ3) is 2.32. The summed E-state index contributed by atoms with van der Waals surface area (Å²) in [7, 11) is 0. The van der Waals surface area contributed by atoms with E-state index in [1.807, 2.05) is 19.9 Å². The number of nitrogens with one attached hydrogen (secondary N) is 1. The van der Waals surface area contributed by atoms with Crippen LogP contribution in [0.2, 0.25) is 0 Å². The molecule has 1 rings (SSSR count). The molecule has 0 aliphatic heterocycles. The van der Waals surface area contributed by atoms with E-state index in [1.165, 1.54) is 0 Å².